The van der Waals surface area contributed by atoms with Crippen LogP contribution in [0.25, 0.3) is 0 Å². The number of anilines is 1. The van der Waals surface area contributed by atoms with Crippen LogP contribution in [0.4, 0.5) is 10.3 Å². The predicted molar refractivity (Wildman–Crippen MR) is 84.6 cm³/mol. The van der Waals surface area contributed by atoms with Gasteiger partial charge in [0.05, 0.1) is 16.6 Å². The van der Waals surface area contributed by atoms with Gasteiger partial charge in [0.1, 0.15) is 5.82 Å². The summed E-state index contributed by atoms with van der Waals surface area (Å²) in [5.74, 6) is 0.149. The Balaban J connectivity index is 1.93. The van der Waals surface area contributed by atoms with Crippen LogP contribution in [0.2, 0.25) is 5.02 Å². The maximum absolute atomic E-state index is 13.5. The van der Waals surface area contributed by atoms with Crippen molar-refractivity contribution < 1.29 is 9.18 Å². The fraction of sp³-hybridized carbons (Fsp3) is 0.400. The molecule has 8 heteroatoms. The highest BCUT2D eigenvalue weighted by Crippen LogP contribution is 2.33. The Bertz CT molecular complexity index is 756. The van der Waals surface area contributed by atoms with E-state index in [0.29, 0.717) is 29.4 Å². The maximum atomic E-state index is 13.5. The van der Waals surface area contributed by atoms with Crippen molar-refractivity contribution in [3.63, 3.8) is 0 Å². The number of nitrogen functional groups attached to an aromatic ring is 1. The van der Waals surface area contributed by atoms with Gasteiger partial charge in [-0.2, -0.15) is 10.1 Å². The zero-order chi connectivity index (χ0) is 16.7. The first-order valence-corrected chi connectivity index (χ1v) is 7.69. The molecule has 2 heterocycles. The molecule has 3 rings (SSSR count). The van der Waals surface area contributed by atoms with Crippen LogP contribution >= 0.6 is 11.6 Å². The lowest BCUT2D eigenvalue weighted by Gasteiger charge is -2.23. The molecule has 0 aliphatic carbocycles. The normalized spacial score (nSPS) is 17.7. The standard InChI is InChI=1S/C15H17ClFN5O/c1-8-6-9(10(16)7-11(8)17)14(23)22-5-3-4-12(22)13-19-15(18)21(2)20-13/h6-7,12H,3-5H2,1-2H3,(H2,18,19,20). The highest BCUT2D eigenvalue weighted by atomic mass is 35.5. The third kappa shape index (κ3) is 2.76. The number of aromatic nitrogens is 3. The second-order valence-corrected chi connectivity index (χ2v) is 6.10. The molecule has 0 spiro atoms. The van der Waals surface area contributed by atoms with E-state index in [9.17, 15) is 9.18 Å². The molecule has 2 aromatic rings. The van der Waals surface area contributed by atoms with Crippen molar-refractivity contribution in [2.24, 2.45) is 7.05 Å². The Morgan fingerprint density at radius 1 is 1.48 bits per heavy atom. The molecule has 1 amide bonds. The number of hydrogen-bond donors (Lipinski definition) is 1. The van der Waals surface area contributed by atoms with Gasteiger partial charge in [-0.3, -0.25) is 4.79 Å². The third-order valence-corrected chi connectivity index (χ3v) is 4.42. The smallest absolute Gasteiger partial charge is 0.256 e. The topological polar surface area (TPSA) is 77.0 Å². The summed E-state index contributed by atoms with van der Waals surface area (Å²) in [6, 6.07) is 2.41. The molecule has 1 aliphatic rings. The number of rotatable bonds is 2. The summed E-state index contributed by atoms with van der Waals surface area (Å²) >= 11 is 6.05. The Hall–Kier alpha value is -2.15. The lowest BCUT2D eigenvalue weighted by atomic mass is 10.1. The number of nitrogens with two attached hydrogens (primary N) is 1. The summed E-state index contributed by atoms with van der Waals surface area (Å²) in [7, 11) is 1.70. The molecule has 1 aromatic heterocycles. The van der Waals surface area contributed by atoms with Gasteiger partial charge in [0.25, 0.3) is 5.91 Å². The first-order chi connectivity index (χ1) is 10.9. The number of carbonyl (C=O) groups excluding carboxylic acids is 1. The summed E-state index contributed by atoms with van der Waals surface area (Å²) in [6.45, 7) is 2.18. The van der Waals surface area contributed by atoms with Gasteiger partial charge in [-0.25, -0.2) is 9.07 Å². The molecule has 1 fully saturated rings. The molecule has 6 nitrogen and oxygen atoms in total. The van der Waals surface area contributed by atoms with Gasteiger partial charge >= 0.3 is 0 Å². The largest absolute Gasteiger partial charge is 0.368 e. The molecule has 2 N–H and O–H groups in total. The maximum Gasteiger partial charge on any atom is 0.256 e. The van der Waals surface area contributed by atoms with Gasteiger partial charge in [-0.05, 0) is 37.5 Å². The number of amides is 1. The molecule has 1 atom stereocenters. The first-order valence-electron chi connectivity index (χ1n) is 7.31. The lowest BCUT2D eigenvalue weighted by Crippen LogP contribution is -2.31. The lowest BCUT2D eigenvalue weighted by molar-refractivity contribution is 0.0730. The van der Waals surface area contributed by atoms with Gasteiger partial charge in [0.2, 0.25) is 5.95 Å². The van der Waals surface area contributed by atoms with Crippen molar-refractivity contribution >= 4 is 23.5 Å². The van der Waals surface area contributed by atoms with E-state index in [1.165, 1.54) is 16.8 Å². The highest BCUT2D eigenvalue weighted by molar-refractivity contribution is 6.33. The van der Waals surface area contributed by atoms with Crippen molar-refractivity contribution in [1.82, 2.24) is 19.7 Å². The van der Waals surface area contributed by atoms with Crippen LogP contribution in [0.15, 0.2) is 12.1 Å². The minimum atomic E-state index is -0.427. The number of nitrogens with zero attached hydrogens (tertiary/aromatic N) is 4. The van der Waals surface area contributed by atoms with Gasteiger partial charge in [0, 0.05) is 13.6 Å². The average molecular weight is 338 g/mol. The van der Waals surface area contributed by atoms with Gasteiger partial charge in [-0.1, -0.05) is 11.6 Å². The van der Waals surface area contributed by atoms with Crippen molar-refractivity contribution in [1.29, 1.82) is 0 Å². The van der Waals surface area contributed by atoms with Crippen LogP contribution in [0.1, 0.15) is 40.6 Å². The Kier molecular flexibility index (Phi) is 3.97. The summed E-state index contributed by atoms with van der Waals surface area (Å²) in [6.07, 6.45) is 1.60. The third-order valence-electron chi connectivity index (χ3n) is 4.10. The SMILES string of the molecule is Cc1cc(C(=O)N2CCCC2c2nc(N)n(C)n2)c(Cl)cc1F. The van der Waals surface area contributed by atoms with E-state index in [-0.39, 0.29) is 17.0 Å². The summed E-state index contributed by atoms with van der Waals surface area (Å²) < 4.78 is 15.0. The average Bonchev–Trinajstić information content (AvgIpc) is 3.09. The Morgan fingerprint density at radius 2 is 2.22 bits per heavy atom. The summed E-state index contributed by atoms with van der Waals surface area (Å²) in [5, 5.41) is 4.37. The Labute approximate surface area is 138 Å². The number of benzene rings is 1. The second-order valence-electron chi connectivity index (χ2n) is 5.69. The minimum Gasteiger partial charge on any atom is -0.368 e. The van der Waals surface area contributed by atoms with E-state index in [1.807, 2.05) is 0 Å². The van der Waals surface area contributed by atoms with E-state index in [0.717, 1.165) is 12.8 Å². The van der Waals surface area contributed by atoms with E-state index >= 15 is 0 Å². The molecular weight excluding hydrogens is 321 g/mol. The quantitative estimate of drug-likeness (QED) is 0.913. The zero-order valence-electron chi connectivity index (χ0n) is 12.9. The van der Waals surface area contributed by atoms with Gasteiger partial charge in [-0.15, -0.1) is 0 Å². The molecule has 1 aromatic carbocycles. The van der Waals surface area contributed by atoms with Crippen molar-refractivity contribution in [3.05, 3.63) is 39.9 Å². The Morgan fingerprint density at radius 3 is 2.87 bits per heavy atom. The highest BCUT2D eigenvalue weighted by Gasteiger charge is 2.34. The van der Waals surface area contributed by atoms with E-state index in [4.69, 9.17) is 17.3 Å². The predicted octanol–water partition coefficient (Wildman–Crippen LogP) is 2.48. The molecule has 23 heavy (non-hydrogen) atoms. The summed E-state index contributed by atoms with van der Waals surface area (Å²) in [5.41, 5.74) is 6.40. The van der Waals surface area contributed by atoms with Crippen LogP contribution in [0.5, 0.6) is 0 Å². The number of carbonyl (C=O) groups is 1. The van der Waals surface area contributed by atoms with Gasteiger partial charge < -0.3 is 10.6 Å². The van der Waals surface area contributed by atoms with Crippen molar-refractivity contribution in [2.45, 2.75) is 25.8 Å². The van der Waals surface area contributed by atoms with Crippen molar-refractivity contribution in [2.75, 3.05) is 12.3 Å². The van der Waals surface area contributed by atoms with Gasteiger partial charge in [0.15, 0.2) is 5.82 Å². The molecule has 0 bridgehead atoms. The molecule has 1 unspecified atom stereocenters. The number of halogens is 2. The number of likely N-dealkylation sites (tertiary alicyclic amines) is 1. The van der Waals surface area contributed by atoms with Crippen LogP contribution in [0, 0.1) is 12.7 Å². The fourth-order valence-electron chi connectivity index (χ4n) is 2.81. The van der Waals surface area contributed by atoms with E-state index in [2.05, 4.69) is 10.1 Å². The molecule has 1 aliphatic heterocycles. The fourth-order valence-corrected chi connectivity index (χ4v) is 3.04. The molecule has 122 valence electrons. The number of hydrogen-bond acceptors (Lipinski definition) is 4. The zero-order valence-corrected chi connectivity index (χ0v) is 13.6. The molecule has 0 saturated carbocycles. The first kappa shape index (κ1) is 15.7. The van der Waals surface area contributed by atoms with E-state index < -0.39 is 5.82 Å². The monoisotopic (exact) mass is 337 g/mol. The van der Waals surface area contributed by atoms with Crippen LogP contribution < -0.4 is 5.73 Å². The minimum absolute atomic E-state index is 0.109. The number of aryl methyl sites for hydroxylation is 2. The van der Waals surface area contributed by atoms with Crippen molar-refractivity contribution in [3.8, 4) is 0 Å². The van der Waals surface area contributed by atoms with Crippen LogP contribution in [-0.2, 0) is 7.05 Å². The molecule has 1 saturated heterocycles. The van der Waals surface area contributed by atoms with E-state index in [1.54, 1.807) is 18.9 Å². The van der Waals surface area contributed by atoms with Crippen LogP contribution in [-0.4, -0.2) is 32.1 Å². The second kappa shape index (κ2) is 5.81. The molecular formula is C15H17ClFN5O. The van der Waals surface area contributed by atoms with Crippen LogP contribution in [0.3, 0.4) is 0 Å². The molecule has 0 radical (unpaired) electrons. The summed E-state index contributed by atoms with van der Waals surface area (Å²) in [4.78, 5) is 18.7.